The molecule has 200 valence electrons. The Bertz CT molecular complexity index is 1600. The van der Waals surface area contributed by atoms with Gasteiger partial charge in [-0.2, -0.15) is 27.3 Å². The van der Waals surface area contributed by atoms with Gasteiger partial charge < -0.3 is 14.8 Å². The van der Waals surface area contributed by atoms with Crippen LogP contribution in [0.25, 0.3) is 11.1 Å². The second-order valence-corrected chi connectivity index (χ2v) is 10.3. The highest BCUT2D eigenvalue weighted by molar-refractivity contribution is 5.91. The van der Waals surface area contributed by atoms with E-state index < -0.39 is 29.4 Å². The molecule has 6 rings (SSSR count). The quantitative estimate of drug-likeness (QED) is 0.285. The van der Waals surface area contributed by atoms with Crippen LogP contribution in [0.2, 0.25) is 0 Å². The first kappa shape index (κ1) is 25.0. The van der Waals surface area contributed by atoms with Gasteiger partial charge in [-0.15, -0.1) is 0 Å². The molecular weight excluding hydrogens is 514 g/mol. The molecule has 0 aliphatic carbocycles. The van der Waals surface area contributed by atoms with Crippen LogP contribution >= 0.6 is 0 Å². The average molecular weight is 538 g/mol. The fourth-order valence-electron chi connectivity index (χ4n) is 4.95. The highest BCUT2D eigenvalue weighted by Crippen LogP contribution is 2.53. The first-order valence-corrected chi connectivity index (χ1v) is 12.3. The molecule has 0 spiro atoms. The molecule has 0 radical (unpaired) electrons. The molecule has 39 heavy (non-hydrogen) atoms. The van der Waals surface area contributed by atoms with Crippen LogP contribution in [0.5, 0.6) is 11.5 Å². The van der Waals surface area contributed by atoms with Crippen LogP contribution in [0, 0.1) is 0 Å². The fourth-order valence-corrected chi connectivity index (χ4v) is 4.95. The van der Waals surface area contributed by atoms with Crippen molar-refractivity contribution in [3.8, 4) is 22.6 Å². The maximum atomic E-state index is 14.1. The van der Waals surface area contributed by atoms with Crippen LogP contribution in [-0.2, 0) is 18.8 Å². The number of fused-ring (bicyclic) bond motifs is 2. The number of benzene rings is 3. The van der Waals surface area contributed by atoms with E-state index in [-0.39, 0.29) is 11.3 Å². The number of halogens is 4. The summed E-state index contributed by atoms with van der Waals surface area (Å²) in [6, 6.07) is 17.6. The molecule has 0 atom stereocenters. The number of anilines is 1. The maximum Gasteiger partial charge on any atom is 0.469 e. The summed E-state index contributed by atoms with van der Waals surface area (Å²) in [4.78, 5) is 13.1. The Morgan fingerprint density at radius 2 is 1.72 bits per heavy atom. The first-order valence-electron chi connectivity index (χ1n) is 12.3. The van der Waals surface area contributed by atoms with Crippen LogP contribution in [0.15, 0.2) is 72.9 Å². The van der Waals surface area contributed by atoms with Gasteiger partial charge in [-0.3, -0.25) is 0 Å². The highest BCUT2D eigenvalue weighted by Gasteiger charge is 2.66. The molecule has 4 aromatic rings. The second kappa shape index (κ2) is 8.59. The number of amides is 1. The normalized spacial score (nSPS) is 17.6. The van der Waals surface area contributed by atoms with E-state index in [1.54, 1.807) is 6.20 Å². The van der Waals surface area contributed by atoms with Crippen molar-refractivity contribution in [2.75, 3.05) is 5.32 Å². The summed E-state index contributed by atoms with van der Waals surface area (Å²) in [6.07, 6.45) is -1.91. The summed E-state index contributed by atoms with van der Waals surface area (Å²) in [7, 11) is 0. The molecular formula is C29H23F4N3O3. The van der Waals surface area contributed by atoms with E-state index in [2.05, 4.69) is 21.2 Å². The van der Waals surface area contributed by atoms with Gasteiger partial charge in [0.05, 0.1) is 11.3 Å². The zero-order chi connectivity index (χ0) is 27.6. The molecule has 1 N–H and O–H groups in total. The molecule has 0 fully saturated rings. The summed E-state index contributed by atoms with van der Waals surface area (Å²) in [5.74, 6) is -4.32. The van der Waals surface area contributed by atoms with Gasteiger partial charge in [0.25, 0.3) is 0 Å². The topological polar surface area (TPSA) is 65.4 Å². The first-order chi connectivity index (χ1) is 18.4. The lowest BCUT2D eigenvalue weighted by molar-refractivity contribution is -0.296. The number of nitrogens with zero attached hydrogens (tertiary/aromatic N) is 2. The summed E-state index contributed by atoms with van der Waals surface area (Å²) in [6.45, 7) is 4.06. The molecule has 0 saturated heterocycles. The predicted octanol–water partition coefficient (Wildman–Crippen LogP) is 7.01. The predicted molar refractivity (Wildman–Crippen MR) is 136 cm³/mol. The number of aromatic nitrogens is 2. The molecule has 2 aliphatic rings. The van der Waals surface area contributed by atoms with Crippen molar-refractivity contribution in [1.82, 2.24) is 9.78 Å². The van der Waals surface area contributed by atoms with Crippen molar-refractivity contribution >= 4 is 11.7 Å². The molecule has 1 amide bonds. The average Bonchev–Trinajstić information content (AvgIpc) is 3.49. The Hall–Kier alpha value is -4.34. The lowest BCUT2D eigenvalue weighted by Crippen LogP contribution is -2.37. The Kier molecular flexibility index (Phi) is 5.50. The van der Waals surface area contributed by atoms with Crippen molar-refractivity contribution in [2.24, 2.45) is 0 Å². The Morgan fingerprint density at radius 1 is 0.974 bits per heavy atom. The molecule has 0 bridgehead atoms. The van der Waals surface area contributed by atoms with Crippen LogP contribution in [0.1, 0.15) is 36.2 Å². The van der Waals surface area contributed by atoms with E-state index in [0.29, 0.717) is 12.1 Å². The van der Waals surface area contributed by atoms with Crippen LogP contribution < -0.4 is 14.8 Å². The third kappa shape index (κ3) is 4.39. The van der Waals surface area contributed by atoms with Crippen molar-refractivity contribution in [1.29, 1.82) is 0 Å². The van der Waals surface area contributed by atoms with E-state index in [1.807, 2.05) is 56.3 Å². The monoisotopic (exact) mass is 537 g/mol. The third-order valence-corrected chi connectivity index (χ3v) is 6.76. The summed E-state index contributed by atoms with van der Waals surface area (Å²) in [5.41, 5.74) is 2.89. The fraction of sp³-hybridized carbons (Fsp3) is 0.241. The zero-order valence-corrected chi connectivity index (χ0v) is 21.0. The minimum Gasteiger partial charge on any atom is -0.487 e. The number of hydrogen-bond acceptors (Lipinski definition) is 4. The van der Waals surface area contributed by atoms with Crippen molar-refractivity contribution in [3.05, 3.63) is 95.3 Å². The van der Waals surface area contributed by atoms with Gasteiger partial charge in [-0.1, -0.05) is 42.5 Å². The molecule has 1 aromatic heterocycles. The second-order valence-electron chi connectivity index (χ2n) is 10.3. The van der Waals surface area contributed by atoms with Gasteiger partial charge in [0.2, 0.25) is 0 Å². The van der Waals surface area contributed by atoms with E-state index >= 15 is 0 Å². The van der Waals surface area contributed by atoms with E-state index in [4.69, 9.17) is 4.74 Å². The van der Waals surface area contributed by atoms with E-state index in [1.165, 1.54) is 6.07 Å². The van der Waals surface area contributed by atoms with E-state index in [9.17, 15) is 22.4 Å². The smallest absolute Gasteiger partial charge is 0.469 e. The van der Waals surface area contributed by atoms with Crippen molar-refractivity contribution in [2.45, 2.75) is 44.3 Å². The Balaban J connectivity index is 1.30. The van der Waals surface area contributed by atoms with Gasteiger partial charge in [-0.25, -0.2) is 4.79 Å². The summed E-state index contributed by atoms with van der Waals surface area (Å²) in [5, 5.41) is 6.97. The Morgan fingerprint density at radius 3 is 2.49 bits per heavy atom. The number of ether oxygens (including phenoxy) is 2. The molecule has 2 aliphatic heterocycles. The molecule has 0 saturated carbocycles. The number of rotatable bonds is 4. The number of carbonyl (C=O) groups excluding carboxylic acids is 1. The minimum atomic E-state index is -4.67. The van der Waals surface area contributed by atoms with Gasteiger partial charge in [0, 0.05) is 30.3 Å². The van der Waals surface area contributed by atoms with Crippen LogP contribution in [0.4, 0.5) is 28.0 Å². The molecule has 0 unspecified atom stereocenters. The van der Waals surface area contributed by atoms with Crippen molar-refractivity contribution < 1.29 is 31.8 Å². The standard InChI is InChI=1S/C29H23F4N3O3/c1-27(2)15-19-12-17(8-10-24(19)38-27)13-23-21(18-6-4-3-5-7-18)16-36(35-23)26(37)34-20-9-11-25-22(14-20)28(30,31)29(32,33)39-25/h3-12,14,16H,13,15H2,1-2H3,(H,34,37). The van der Waals surface area contributed by atoms with Gasteiger partial charge in [0.15, 0.2) is 0 Å². The lowest BCUT2D eigenvalue weighted by Gasteiger charge is -2.16. The number of alkyl halides is 4. The minimum absolute atomic E-state index is 0.0979. The van der Waals surface area contributed by atoms with Gasteiger partial charge in [-0.05, 0) is 54.8 Å². The Labute approximate surface area is 221 Å². The summed E-state index contributed by atoms with van der Waals surface area (Å²) < 4.78 is 66.6. The lowest BCUT2D eigenvalue weighted by atomic mass is 9.97. The third-order valence-electron chi connectivity index (χ3n) is 6.76. The van der Waals surface area contributed by atoms with Crippen LogP contribution in [-0.4, -0.2) is 27.5 Å². The number of hydrogen-bond donors (Lipinski definition) is 1. The van der Waals surface area contributed by atoms with Crippen molar-refractivity contribution in [3.63, 3.8) is 0 Å². The molecule has 10 heteroatoms. The van der Waals surface area contributed by atoms with E-state index in [0.717, 1.165) is 51.2 Å². The largest absolute Gasteiger partial charge is 0.487 e. The van der Waals surface area contributed by atoms with Gasteiger partial charge in [0.1, 0.15) is 17.1 Å². The summed E-state index contributed by atoms with van der Waals surface area (Å²) >= 11 is 0. The zero-order valence-electron chi connectivity index (χ0n) is 21.0. The molecule has 6 nitrogen and oxygen atoms in total. The number of carbonyl (C=O) groups is 1. The highest BCUT2D eigenvalue weighted by atomic mass is 19.3. The number of nitrogens with one attached hydrogen (secondary N) is 1. The molecule has 3 heterocycles. The molecule has 3 aromatic carbocycles. The van der Waals surface area contributed by atoms with Gasteiger partial charge >= 0.3 is 18.1 Å². The SMILES string of the molecule is CC1(C)Cc2cc(Cc3nn(C(=O)Nc4ccc5c(c4)C(F)(F)C(F)(F)O5)cc3-c3ccccc3)ccc2O1. The maximum absolute atomic E-state index is 14.1. The van der Waals surface area contributed by atoms with Crippen LogP contribution in [0.3, 0.4) is 0 Å².